The first-order valence-corrected chi connectivity index (χ1v) is 6.71. The zero-order chi connectivity index (χ0) is 13.9. The van der Waals surface area contributed by atoms with Crippen molar-refractivity contribution in [1.82, 2.24) is 10.1 Å². The van der Waals surface area contributed by atoms with E-state index in [0.29, 0.717) is 24.7 Å². The second kappa shape index (κ2) is 5.60. The normalized spacial score (nSPS) is 19.2. The maximum Gasteiger partial charge on any atom is 0.243 e. The molecule has 2 atom stereocenters. The maximum atomic E-state index is 8.90. The van der Waals surface area contributed by atoms with E-state index >= 15 is 0 Å². The molecular formula is C14H17N3O3. The third-order valence-electron chi connectivity index (χ3n) is 3.48. The lowest BCUT2D eigenvalue weighted by Gasteiger charge is -2.23. The van der Waals surface area contributed by atoms with Gasteiger partial charge in [-0.25, -0.2) is 0 Å². The van der Waals surface area contributed by atoms with Crippen LogP contribution in [0.1, 0.15) is 42.1 Å². The average molecular weight is 275 g/mol. The predicted molar refractivity (Wildman–Crippen MR) is 71.3 cm³/mol. The second-order valence-corrected chi connectivity index (χ2v) is 4.84. The Morgan fingerprint density at radius 2 is 2.25 bits per heavy atom. The molecule has 0 saturated carbocycles. The Labute approximate surface area is 116 Å². The Kier molecular flexibility index (Phi) is 3.66. The van der Waals surface area contributed by atoms with Crippen LogP contribution < -0.4 is 10.5 Å². The van der Waals surface area contributed by atoms with Crippen LogP contribution in [0.3, 0.4) is 0 Å². The fraction of sp³-hybridized carbons (Fsp3) is 0.429. The van der Waals surface area contributed by atoms with E-state index < -0.39 is 6.04 Å². The Balaban J connectivity index is 1.87. The van der Waals surface area contributed by atoms with E-state index in [-0.39, 0.29) is 12.5 Å². The molecule has 3 N–H and O–H groups in total. The van der Waals surface area contributed by atoms with Gasteiger partial charge in [-0.1, -0.05) is 23.4 Å². The van der Waals surface area contributed by atoms with E-state index in [1.54, 1.807) is 0 Å². The fourth-order valence-corrected chi connectivity index (χ4v) is 2.41. The molecule has 0 saturated heterocycles. The van der Waals surface area contributed by atoms with Crippen LogP contribution in [0.25, 0.3) is 0 Å². The molecule has 1 aliphatic heterocycles. The Morgan fingerprint density at radius 3 is 3.10 bits per heavy atom. The van der Waals surface area contributed by atoms with E-state index in [1.807, 2.05) is 24.3 Å². The molecule has 1 aromatic heterocycles. The molecule has 0 bridgehead atoms. The first-order chi connectivity index (χ1) is 9.79. The van der Waals surface area contributed by atoms with Crippen LogP contribution in [-0.4, -0.2) is 28.5 Å². The van der Waals surface area contributed by atoms with E-state index in [2.05, 4.69) is 10.1 Å². The van der Waals surface area contributed by atoms with Gasteiger partial charge in [-0.05, 0) is 18.9 Å². The third kappa shape index (κ3) is 2.39. The van der Waals surface area contributed by atoms with Gasteiger partial charge in [0.25, 0.3) is 0 Å². The van der Waals surface area contributed by atoms with Crippen LogP contribution in [0.2, 0.25) is 0 Å². The molecule has 0 spiro atoms. The van der Waals surface area contributed by atoms with Gasteiger partial charge in [-0.2, -0.15) is 4.98 Å². The first-order valence-electron chi connectivity index (χ1n) is 6.71. The summed E-state index contributed by atoms with van der Waals surface area (Å²) in [6.45, 7) is 0.632. The summed E-state index contributed by atoms with van der Waals surface area (Å²) in [6, 6.07) is 7.46. The highest BCUT2D eigenvalue weighted by atomic mass is 16.5. The summed E-state index contributed by atoms with van der Waals surface area (Å²) in [5.41, 5.74) is 6.93. The van der Waals surface area contributed by atoms with Crippen molar-refractivity contribution in [3.63, 3.8) is 0 Å². The van der Waals surface area contributed by atoms with Gasteiger partial charge in [0.2, 0.25) is 5.89 Å². The van der Waals surface area contributed by atoms with Crippen LogP contribution >= 0.6 is 0 Å². The largest absolute Gasteiger partial charge is 0.493 e. The number of hydrogen-bond acceptors (Lipinski definition) is 6. The van der Waals surface area contributed by atoms with Crippen LogP contribution in [0.5, 0.6) is 5.75 Å². The number of rotatable bonds is 4. The van der Waals surface area contributed by atoms with Gasteiger partial charge in [0, 0.05) is 12.2 Å². The maximum absolute atomic E-state index is 8.90. The molecule has 2 heterocycles. The second-order valence-electron chi connectivity index (χ2n) is 4.84. The summed E-state index contributed by atoms with van der Waals surface area (Å²) in [5.74, 6) is 1.94. The first kappa shape index (κ1) is 13.1. The number of nitrogens with two attached hydrogens (primary N) is 1. The summed E-state index contributed by atoms with van der Waals surface area (Å²) in [6.07, 6.45) is 1.22. The minimum atomic E-state index is -0.420. The van der Waals surface area contributed by atoms with Gasteiger partial charge in [0.05, 0.1) is 18.6 Å². The van der Waals surface area contributed by atoms with E-state index in [4.69, 9.17) is 20.1 Å². The van der Waals surface area contributed by atoms with E-state index in [9.17, 15) is 0 Å². The molecule has 1 aliphatic rings. The van der Waals surface area contributed by atoms with Gasteiger partial charge < -0.3 is 20.1 Å². The molecule has 6 heteroatoms. The molecule has 3 rings (SSSR count). The molecule has 106 valence electrons. The average Bonchev–Trinajstić information content (AvgIpc) is 2.97. The number of fused-ring (bicyclic) bond motifs is 1. The highest BCUT2D eigenvalue weighted by Gasteiger charge is 2.27. The number of para-hydroxylation sites is 1. The Hall–Kier alpha value is -1.92. The van der Waals surface area contributed by atoms with Crippen LogP contribution in [0.15, 0.2) is 28.8 Å². The van der Waals surface area contributed by atoms with Crippen molar-refractivity contribution in [3.05, 3.63) is 41.5 Å². The monoisotopic (exact) mass is 275 g/mol. The predicted octanol–water partition coefficient (Wildman–Crippen LogP) is 1.37. The summed E-state index contributed by atoms with van der Waals surface area (Å²) < 4.78 is 10.8. The molecule has 0 amide bonds. The van der Waals surface area contributed by atoms with Crippen molar-refractivity contribution in [1.29, 1.82) is 0 Å². The van der Waals surface area contributed by atoms with Crippen LogP contribution in [-0.2, 0) is 0 Å². The quantitative estimate of drug-likeness (QED) is 0.875. The number of ether oxygens (including phenoxy) is 1. The van der Waals surface area contributed by atoms with Gasteiger partial charge >= 0.3 is 0 Å². The zero-order valence-electron chi connectivity index (χ0n) is 11.0. The SMILES string of the molecule is NC(CCO)c1nc(C2CCOc3ccccc32)no1. The highest BCUT2D eigenvalue weighted by Crippen LogP contribution is 2.36. The minimum absolute atomic E-state index is 0.00101. The lowest BCUT2D eigenvalue weighted by molar-refractivity contribution is 0.257. The van der Waals surface area contributed by atoms with Crippen molar-refractivity contribution in [2.45, 2.75) is 24.8 Å². The summed E-state index contributed by atoms with van der Waals surface area (Å²) >= 11 is 0. The Bertz CT molecular complexity index is 585. The lowest BCUT2D eigenvalue weighted by Crippen LogP contribution is -2.16. The number of aliphatic hydroxyl groups excluding tert-OH is 1. The molecule has 20 heavy (non-hydrogen) atoms. The third-order valence-corrected chi connectivity index (χ3v) is 3.48. The summed E-state index contributed by atoms with van der Waals surface area (Å²) in [4.78, 5) is 4.38. The number of aromatic nitrogens is 2. The minimum Gasteiger partial charge on any atom is -0.493 e. The van der Waals surface area contributed by atoms with Crippen molar-refractivity contribution in [2.24, 2.45) is 5.73 Å². The standard InChI is InChI=1S/C14H17N3O3/c15-11(5-7-18)14-16-13(17-20-14)10-6-8-19-12-4-2-1-3-9(10)12/h1-4,10-11,18H,5-8,15H2. The van der Waals surface area contributed by atoms with Crippen molar-refractivity contribution >= 4 is 0 Å². The molecular weight excluding hydrogens is 258 g/mol. The van der Waals surface area contributed by atoms with Gasteiger partial charge in [0.15, 0.2) is 5.82 Å². The Morgan fingerprint density at radius 1 is 1.40 bits per heavy atom. The molecule has 2 aromatic rings. The topological polar surface area (TPSA) is 94.4 Å². The van der Waals surface area contributed by atoms with Crippen LogP contribution in [0.4, 0.5) is 0 Å². The molecule has 1 aromatic carbocycles. The fourth-order valence-electron chi connectivity index (χ4n) is 2.41. The summed E-state index contributed by atoms with van der Waals surface area (Å²) in [7, 11) is 0. The number of hydrogen-bond donors (Lipinski definition) is 2. The van der Waals surface area contributed by atoms with Crippen LogP contribution in [0, 0.1) is 0 Å². The number of benzene rings is 1. The molecule has 6 nitrogen and oxygen atoms in total. The van der Waals surface area contributed by atoms with Crippen molar-refractivity contribution in [3.8, 4) is 5.75 Å². The van der Waals surface area contributed by atoms with Gasteiger partial charge in [-0.15, -0.1) is 0 Å². The highest BCUT2D eigenvalue weighted by molar-refractivity contribution is 5.40. The summed E-state index contributed by atoms with van der Waals surface area (Å²) in [5, 5.41) is 12.9. The molecule has 0 fully saturated rings. The molecule has 2 unspecified atom stereocenters. The van der Waals surface area contributed by atoms with Crippen molar-refractivity contribution < 1.29 is 14.4 Å². The number of nitrogens with zero attached hydrogens (tertiary/aromatic N) is 2. The van der Waals surface area contributed by atoms with Crippen molar-refractivity contribution in [2.75, 3.05) is 13.2 Å². The van der Waals surface area contributed by atoms with E-state index in [0.717, 1.165) is 17.7 Å². The molecule has 0 aliphatic carbocycles. The van der Waals surface area contributed by atoms with Gasteiger partial charge in [-0.3, -0.25) is 0 Å². The lowest BCUT2D eigenvalue weighted by atomic mass is 9.92. The number of aliphatic hydroxyl groups is 1. The van der Waals surface area contributed by atoms with Gasteiger partial charge in [0.1, 0.15) is 5.75 Å². The molecule has 0 radical (unpaired) electrons. The smallest absolute Gasteiger partial charge is 0.243 e. The zero-order valence-corrected chi connectivity index (χ0v) is 11.0. The van der Waals surface area contributed by atoms with E-state index in [1.165, 1.54) is 0 Å².